The summed E-state index contributed by atoms with van der Waals surface area (Å²) >= 11 is 0. The van der Waals surface area contributed by atoms with Crippen LogP contribution in [0, 0.1) is 11.8 Å². The van der Waals surface area contributed by atoms with Gasteiger partial charge < -0.3 is 0 Å². The van der Waals surface area contributed by atoms with Crippen molar-refractivity contribution >= 4 is 5.57 Å². The second kappa shape index (κ2) is 8.41. The molecule has 0 aliphatic heterocycles. The van der Waals surface area contributed by atoms with Crippen molar-refractivity contribution in [2.45, 2.75) is 72.1 Å². The average Bonchev–Trinajstić information content (AvgIpc) is 2.50. The summed E-state index contributed by atoms with van der Waals surface area (Å²) in [4.78, 5) is 0. The molecule has 0 amide bonds. The van der Waals surface area contributed by atoms with Gasteiger partial charge in [-0.2, -0.15) is 0 Å². The number of allylic oxidation sites excluding steroid dienone is 2. The minimum absolute atomic E-state index is 0.813. The first-order valence-corrected chi connectivity index (χ1v) is 9.00. The molecule has 2 rings (SSSR count). The molecule has 0 bridgehead atoms. The predicted molar refractivity (Wildman–Crippen MR) is 94.4 cm³/mol. The fourth-order valence-electron chi connectivity index (χ4n) is 3.72. The molecule has 1 aliphatic rings. The van der Waals surface area contributed by atoms with Crippen molar-refractivity contribution in [2.24, 2.45) is 11.8 Å². The van der Waals surface area contributed by atoms with Crippen LogP contribution in [0.3, 0.4) is 0 Å². The van der Waals surface area contributed by atoms with Crippen LogP contribution in [0.25, 0.3) is 5.57 Å². The van der Waals surface area contributed by atoms with E-state index >= 15 is 0 Å². The van der Waals surface area contributed by atoms with Crippen LogP contribution in [-0.4, -0.2) is 0 Å². The molecule has 1 aliphatic carbocycles. The van der Waals surface area contributed by atoms with E-state index in [4.69, 9.17) is 0 Å². The van der Waals surface area contributed by atoms with Gasteiger partial charge in [0.05, 0.1) is 0 Å². The fraction of sp³-hybridized carbons (Fsp3) is 0.619. The van der Waals surface area contributed by atoms with Gasteiger partial charge in [0.2, 0.25) is 0 Å². The van der Waals surface area contributed by atoms with E-state index in [1.807, 2.05) is 0 Å². The van der Waals surface area contributed by atoms with Crippen LogP contribution in [0.1, 0.15) is 76.8 Å². The van der Waals surface area contributed by atoms with Gasteiger partial charge in [-0.25, -0.2) is 0 Å². The van der Waals surface area contributed by atoms with Gasteiger partial charge in [0, 0.05) is 0 Å². The zero-order valence-electron chi connectivity index (χ0n) is 14.2. The highest BCUT2D eigenvalue weighted by atomic mass is 14.2. The van der Waals surface area contributed by atoms with Crippen LogP contribution in [0.4, 0.5) is 0 Å². The number of hydrogen-bond acceptors (Lipinski definition) is 0. The lowest BCUT2D eigenvalue weighted by atomic mass is 9.79. The van der Waals surface area contributed by atoms with Gasteiger partial charge in [0.1, 0.15) is 0 Å². The lowest BCUT2D eigenvalue weighted by Gasteiger charge is -2.27. The predicted octanol–water partition coefficient (Wildman–Crippen LogP) is 6.65. The molecule has 116 valence electrons. The third kappa shape index (κ3) is 5.02. The third-order valence-corrected chi connectivity index (χ3v) is 5.02. The quantitative estimate of drug-likeness (QED) is 0.548. The summed E-state index contributed by atoms with van der Waals surface area (Å²) in [6, 6.07) is 9.21. The van der Waals surface area contributed by atoms with Gasteiger partial charge in [-0.05, 0) is 67.6 Å². The van der Waals surface area contributed by atoms with Crippen molar-refractivity contribution in [3.05, 3.63) is 41.5 Å². The van der Waals surface area contributed by atoms with Gasteiger partial charge in [-0.3, -0.25) is 0 Å². The molecule has 0 nitrogen and oxygen atoms in total. The highest BCUT2D eigenvalue weighted by molar-refractivity contribution is 5.64. The molecule has 0 spiro atoms. The van der Waals surface area contributed by atoms with Crippen molar-refractivity contribution in [3.8, 4) is 0 Å². The lowest BCUT2D eigenvalue weighted by molar-refractivity contribution is 0.294. The topological polar surface area (TPSA) is 0 Å². The van der Waals surface area contributed by atoms with Gasteiger partial charge >= 0.3 is 0 Å². The lowest BCUT2D eigenvalue weighted by Crippen LogP contribution is -2.13. The Morgan fingerprint density at radius 1 is 1.00 bits per heavy atom. The molecule has 0 saturated heterocycles. The second-order valence-corrected chi connectivity index (χ2v) is 6.87. The largest absolute Gasteiger partial charge is 0.0779 e. The number of benzene rings is 1. The second-order valence-electron chi connectivity index (χ2n) is 6.87. The minimum atomic E-state index is 0.813. The van der Waals surface area contributed by atoms with Crippen molar-refractivity contribution in [1.82, 2.24) is 0 Å². The van der Waals surface area contributed by atoms with E-state index in [-0.39, 0.29) is 0 Å². The Labute approximate surface area is 131 Å². The first kappa shape index (κ1) is 16.3. The number of hydrogen-bond donors (Lipinski definition) is 0. The molecule has 21 heavy (non-hydrogen) atoms. The van der Waals surface area contributed by atoms with E-state index in [0.29, 0.717) is 0 Å². The normalized spacial score (nSPS) is 23.3. The first-order valence-electron chi connectivity index (χ1n) is 9.00. The summed E-state index contributed by atoms with van der Waals surface area (Å²) in [6.45, 7) is 6.85. The zero-order valence-corrected chi connectivity index (χ0v) is 14.2. The monoisotopic (exact) mass is 284 g/mol. The van der Waals surface area contributed by atoms with Crippen molar-refractivity contribution in [1.29, 1.82) is 0 Å². The smallest absolute Gasteiger partial charge is 0.0227 e. The van der Waals surface area contributed by atoms with Crippen LogP contribution in [0.5, 0.6) is 0 Å². The van der Waals surface area contributed by atoms with Crippen LogP contribution in [0.2, 0.25) is 0 Å². The summed E-state index contributed by atoms with van der Waals surface area (Å²) in [5, 5.41) is 0. The summed E-state index contributed by atoms with van der Waals surface area (Å²) in [7, 11) is 0. The third-order valence-electron chi connectivity index (χ3n) is 5.02. The van der Waals surface area contributed by atoms with E-state index in [2.05, 4.69) is 51.1 Å². The number of aryl methyl sites for hydroxylation is 1. The molecule has 1 aromatic carbocycles. The molecule has 1 aromatic rings. The molecular formula is C21H32. The molecule has 1 saturated carbocycles. The molecule has 0 radical (unpaired) electrons. The van der Waals surface area contributed by atoms with Gasteiger partial charge in [0.25, 0.3) is 0 Å². The van der Waals surface area contributed by atoms with Crippen molar-refractivity contribution < 1.29 is 0 Å². The Hall–Kier alpha value is -1.04. The maximum atomic E-state index is 2.54. The van der Waals surface area contributed by atoms with Crippen LogP contribution in [-0.2, 0) is 6.42 Å². The molecule has 1 fully saturated rings. The Kier molecular flexibility index (Phi) is 6.54. The van der Waals surface area contributed by atoms with Gasteiger partial charge in [-0.1, -0.05) is 63.5 Å². The van der Waals surface area contributed by atoms with E-state index in [1.165, 1.54) is 68.1 Å². The molecule has 0 unspecified atom stereocenters. The SMILES string of the molecule is CCCc1ccc(/C(C)=C/C2CCC(CCC)CC2)cc1. The molecule has 0 atom stereocenters. The Morgan fingerprint density at radius 2 is 1.67 bits per heavy atom. The maximum Gasteiger partial charge on any atom is -0.0227 e. The van der Waals surface area contributed by atoms with E-state index in [0.717, 1.165) is 11.8 Å². The molecule has 0 heterocycles. The Morgan fingerprint density at radius 3 is 2.24 bits per heavy atom. The van der Waals surface area contributed by atoms with E-state index in [9.17, 15) is 0 Å². The van der Waals surface area contributed by atoms with Crippen molar-refractivity contribution in [2.75, 3.05) is 0 Å². The number of rotatable bonds is 6. The molecule has 0 N–H and O–H groups in total. The molecular weight excluding hydrogens is 252 g/mol. The van der Waals surface area contributed by atoms with Crippen LogP contribution >= 0.6 is 0 Å². The maximum absolute atomic E-state index is 2.54. The van der Waals surface area contributed by atoms with E-state index < -0.39 is 0 Å². The zero-order chi connectivity index (χ0) is 15.1. The molecule has 0 aromatic heterocycles. The standard InChI is InChI=1S/C21H32/c1-4-6-18-8-10-20(11-9-18)16-17(3)21-14-12-19(7-5-2)13-15-21/h12-16,18,20H,4-11H2,1-3H3/b17-16+. The summed E-state index contributed by atoms with van der Waals surface area (Å²) in [5.74, 6) is 1.82. The summed E-state index contributed by atoms with van der Waals surface area (Å²) in [6.07, 6.45) is 13.4. The summed E-state index contributed by atoms with van der Waals surface area (Å²) < 4.78 is 0. The van der Waals surface area contributed by atoms with Crippen LogP contribution in [0.15, 0.2) is 30.3 Å². The van der Waals surface area contributed by atoms with E-state index in [1.54, 1.807) is 0 Å². The van der Waals surface area contributed by atoms with Crippen molar-refractivity contribution in [3.63, 3.8) is 0 Å². The first-order chi connectivity index (χ1) is 10.2. The Bertz CT molecular complexity index is 430. The molecule has 0 heteroatoms. The summed E-state index contributed by atoms with van der Waals surface area (Å²) in [5.41, 5.74) is 4.34. The highest BCUT2D eigenvalue weighted by Crippen LogP contribution is 2.33. The van der Waals surface area contributed by atoms with Gasteiger partial charge in [-0.15, -0.1) is 0 Å². The van der Waals surface area contributed by atoms with Gasteiger partial charge in [0.15, 0.2) is 0 Å². The fourth-order valence-corrected chi connectivity index (χ4v) is 3.72. The highest BCUT2D eigenvalue weighted by Gasteiger charge is 2.19. The Balaban J connectivity index is 1.91. The average molecular weight is 284 g/mol. The minimum Gasteiger partial charge on any atom is -0.0779 e. The van der Waals surface area contributed by atoms with Crippen LogP contribution < -0.4 is 0 Å².